The normalized spacial score (nSPS) is 32.7. The van der Waals surface area contributed by atoms with Crippen LogP contribution in [0.25, 0.3) is 0 Å². The van der Waals surface area contributed by atoms with Crippen molar-refractivity contribution in [2.75, 3.05) is 13.1 Å². The van der Waals surface area contributed by atoms with E-state index in [0.717, 1.165) is 50.0 Å². The molecule has 1 aliphatic heterocycles. The number of rotatable bonds is 4. The van der Waals surface area contributed by atoms with Crippen LogP contribution in [-0.4, -0.2) is 38.7 Å². The predicted molar refractivity (Wildman–Crippen MR) is 92.5 cm³/mol. The first-order valence-corrected chi connectivity index (χ1v) is 9.79. The predicted octanol–water partition coefficient (Wildman–Crippen LogP) is 3.39. The quantitative estimate of drug-likeness (QED) is 0.850. The van der Waals surface area contributed by atoms with E-state index in [4.69, 9.17) is 0 Å². The Kier molecular flexibility index (Phi) is 4.35. The third-order valence-electron chi connectivity index (χ3n) is 6.62. The zero-order valence-electron chi connectivity index (χ0n) is 15.0. The topological polar surface area (TPSA) is 51.0 Å². The maximum absolute atomic E-state index is 12.8. The molecule has 5 nitrogen and oxygen atoms in total. The summed E-state index contributed by atoms with van der Waals surface area (Å²) in [7, 11) is 0. The standard InChI is InChI=1S/C19H30N4O/c1-13(2)23-12-20-21-19(23)16-4-3-7-22(11-16)18(24)10-17-9-14-5-6-15(17)8-14/h12-17H,3-11H2,1-2H3/t14-,15-,16-,17+/m0/s1. The first-order valence-electron chi connectivity index (χ1n) is 9.79. The van der Waals surface area contributed by atoms with E-state index >= 15 is 0 Å². The SMILES string of the molecule is CC(C)n1cnnc1[C@H]1CCCN(C(=O)C[C@H]2C[C@H]3CC[C@H]2C3)C1. The van der Waals surface area contributed by atoms with Gasteiger partial charge in [-0.1, -0.05) is 6.42 Å². The number of amides is 1. The van der Waals surface area contributed by atoms with Gasteiger partial charge < -0.3 is 9.47 Å². The molecule has 4 rings (SSSR count). The van der Waals surface area contributed by atoms with Gasteiger partial charge in [-0.05, 0) is 63.7 Å². The molecule has 132 valence electrons. The van der Waals surface area contributed by atoms with Gasteiger partial charge in [0.05, 0.1) is 0 Å². The lowest BCUT2D eigenvalue weighted by atomic mass is 9.85. The second-order valence-corrected chi connectivity index (χ2v) is 8.51. The summed E-state index contributed by atoms with van der Waals surface area (Å²) in [6, 6.07) is 0.370. The molecule has 2 saturated carbocycles. The molecule has 4 atom stereocenters. The van der Waals surface area contributed by atoms with Gasteiger partial charge in [-0.15, -0.1) is 10.2 Å². The van der Waals surface area contributed by atoms with Crippen molar-refractivity contribution in [1.29, 1.82) is 0 Å². The monoisotopic (exact) mass is 330 g/mol. The average Bonchev–Trinajstić information content (AvgIpc) is 3.31. The number of nitrogens with zero attached hydrogens (tertiary/aromatic N) is 4. The molecule has 3 fully saturated rings. The van der Waals surface area contributed by atoms with Crippen LogP contribution in [0.15, 0.2) is 6.33 Å². The van der Waals surface area contributed by atoms with Crippen molar-refractivity contribution in [1.82, 2.24) is 19.7 Å². The number of piperidine rings is 1. The lowest BCUT2D eigenvalue weighted by molar-refractivity contribution is -0.133. The van der Waals surface area contributed by atoms with Crippen LogP contribution in [0.1, 0.15) is 76.6 Å². The molecule has 0 radical (unpaired) electrons. The fraction of sp³-hybridized carbons (Fsp3) is 0.842. The van der Waals surface area contributed by atoms with Gasteiger partial charge in [0.2, 0.25) is 5.91 Å². The number of aromatic nitrogens is 3. The summed E-state index contributed by atoms with van der Waals surface area (Å²) in [5.41, 5.74) is 0. The van der Waals surface area contributed by atoms with Crippen LogP contribution in [0, 0.1) is 17.8 Å². The number of carbonyl (C=O) groups excluding carboxylic acids is 1. The van der Waals surface area contributed by atoms with Crippen LogP contribution in [0.4, 0.5) is 0 Å². The first kappa shape index (κ1) is 16.1. The number of hydrogen-bond donors (Lipinski definition) is 0. The van der Waals surface area contributed by atoms with E-state index in [9.17, 15) is 4.79 Å². The van der Waals surface area contributed by atoms with Crippen molar-refractivity contribution < 1.29 is 4.79 Å². The molecule has 5 heteroatoms. The molecule has 24 heavy (non-hydrogen) atoms. The third-order valence-corrected chi connectivity index (χ3v) is 6.62. The van der Waals surface area contributed by atoms with E-state index in [1.807, 2.05) is 6.33 Å². The van der Waals surface area contributed by atoms with Gasteiger partial charge in [0.1, 0.15) is 12.2 Å². The Bertz CT molecular complexity index is 596. The fourth-order valence-corrected chi connectivity index (χ4v) is 5.34. The highest BCUT2D eigenvalue weighted by Crippen LogP contribution is 2.49. The maximum Gasteiger partial charge on any atom is 0.222 e. The lowest BCUT2D eigenvalue weighted by Gasteiger charge is -2.34. The van der Waals surface area contributed by atoms with Crippen LogP contribution in [0.5, 0.6) is 0 Å². The smallest absolute Gasteiger partial charge is 0.222 e. The van der Waals surface area contributed by atoms with Gasteiger partial charge in [0, 0.05) is 31.5 Å². The van der Waals surface area contributed by atoms with Crippen molar-refractivity contribution in [3.05, 3.63) is 12.2 Å². The first-order chi connectivity index (χ1) is 11.6. The van der Waals surface area contributed by atoms with Crippen LogP contribution < -0.4 is 0 Å². The van der Waals surface area contributed by atoms with E-state index in [1.54, 1.807) is 0 Å². The van der Waals surface area contributed by atoms with Crippen molar-refractivity contribution in [2.24, 2.45) is 17.8 Å². The van der Waals surface area contributed by atoms with E-state index in [2.05, 4.69) is 33.5 Å². The van der Waals surface area contributed by atoms with Gasteiger partial charge in [0.15, 0.2) is 0 Å². The molecule has 0 spiro atoms. The minimum absolute atomic E-state index is 0.340. The molecule has 3 aliphatic rings. The Morgan fingerprint density at radius 2 is 2.17 bits per heavy atom. The maximum atomic E-state index is 12.8. The van der Waals surface area contributed by atoms with E-state index in [-0.39, 0.29) is 0 Å². The summed E-state index contributed by atoms with van der Waals surface area (Å²) < 4.78 is 2.16. The van der Waals surface area contributed by atoms with Crippen molar-refractivity contribution in [2.45, 2.75) is 70.8 Å². The zero-order chi connectivity index (χ0) is 16.7. The van der Waals surface area contributed by atoms with Crippen molar-refractivity contribution >= 4 is 5.91 Å². The molecule has 1 saturated heterocycles. The molecule has 1 aromatic rings. The molecular weight excluding hydrogens is 300 g/mol. The van der Waals surface area contributed by atoms with Crippen LogP contribution in [-0.2, 0) is 4.79 Å². The highest BCUT2D eigenvalue weighted by molar-refractivity contribution is 5.76. The molecule has 2 aliphatic carbocycles. The summed E-state index contributed by atoms with van der Waals surface area (Å²) in [4.78, 5) is 15.0. The molecule has 2 heterocycles. The Hall–Kier alpha value is -1.39. The van der Waals surface area contributed by atoms with E-state index in [0.29, 0.717) is 23.8 Å². The third kappa shape index (κ3) is 2.98. The molecule has 2 bridgehead atoms. The van der Waals surface area contributed by atoms with Crippen LogP contribution >= 0.6 is 0 Å². The summed E-state index contributed by atoms with van der Waals surface area (Å²) >= 11 is 0. The summed E-state index contributed by atoms with van der Waals surface area (Å²) in [5.74, 6) is 4.20. The number of carbonyl (C=O) groups is 1. The molecular formula is C19H30N4O. The van der Waals surface area contributed by atoms with E-state index < -0.39 is 0 Å². The second-order valence-electron chi connectivity index (χ2n) is 8.51. The largest absolute Gasteiger partial charge is 0.342 e. The van der Waals surface area contributed by atoms with Crippen molar-refractivity contribution in [3.8, 4) is 0 Å². The number of fused-ring (bicyclic) bond motifs is 2. The summed E-state index contributed by atoms with van der Waals surface area (Å²) in [6.45, 7) is 6.07. The van der Waals surface area contributed by atoms with Gasteiger partial charge in [-0.2, -0.15) is 0 Å². The second kappa shape index (κ2) is 6.49. The van der Waals surface area contributed by atoms with Crippen molar-refractivity contribution in [3.63, 3.8) is 0 Å². The molecule has 1 amide bonds. The van der Waals surface area contributed by atoms with Crippen LogP contribution in [0.2, 0.25) is 0 Å². The van der Waals surface area contributed by atoms with Crippen LogP contribution in [0.3, 0.4) is 0 Å². The fourth-order valence-electron chi connectivity index (χ4n) is 5.34. The Morgan fingerprint density at radius 3 is 2.88 bits per heavy atom. The Labute approximate surface area is 144 Å². The molecule has 0 aromatic carbocycles. The Morgan fingerprint density at radius 1 is 1.29 bits per heavy atom. The van der Waals surface area contributed by atoms with Gasteiger partial charge in [0.25, 0.3) is 0 Å². The molecule has 0 unspecified atom stereocenters. The highest BCUT2D eigenvalue weighted by Gasteiger charge is 2.41. The lowest BCUT2D eigenvalue weighted by Crippen LogP contribution is -2.40. The minimum Gasteiger partial charge on any atom is -0.342 e. The number of likely N-dealkylation sites (tertiary alicyclic amines) is 1. The average molecular weight is 330 g/mol. The van der Waals surface area contributed by atoms with E-state index in [1.165, 1.54) is 25.7 Å². The molecule has 1 aromatic heterocycles. The van der Waals surface area contributed by atoms with Gasteiger partial charge in [-0.3, -0.25) is 4.79 Å². The molecule has 0 N–H and O–H groups in total. The highest BCUT2D eigenvalue weighted by atomic mass is 16.2. The minimum atomic E-state index is 0.340. The van der Waals surface area contributed by atoms with Gasteiger partial charge in [-0.25, -0.2) is 0 Å². The summed E-state index contributed by atoms with van der Waals surface area (Å²) in [6.07, 6.45) is 10.3. The number of hydrogen-bond acceptors (Lipinski definition) is 3. The van der Waals surface area contributed by atoms with Gasteiger partial charge >= 0.3 is 0 Å². The zero-order valence-corrected chi connectivity index (χ0v) is 15.0. The Balaban J connectivity index is 1.39. The summed E-state index contributed by atoms with van der Waals surface area (Å²) in [5, 5.41) is 8.47.